The second-order valence-electron chi connectivity index (χ2n) is 4.99. The molecule has 1 aromatic heterocycles. The summed E-state index contributed by atoms with van der Waals surface area (Å²) >= 11 is 6.25. The lowest BCUT2D eigenvalue weighted by Crippen LogP contribution is -2.47. The van der Waals surface area contributed by atoms with Gasteiger partial charge in [-0.1, -0.05) is 23.7 Å². The van der Waals surface area contributed by atoms with E-state index in [1.165, 1.54) is 0 Å². The zero-order valence-electron chi connectivity index (χ0n) is 11.5. The number of halogens is 1. The van der Waals surface area contributed by atoms with Gasteiger partial charge in [0.2, 0.25) is 5.95 Å². The van der Waals surface area contributed by atoms with Gasteiger partial charge in [0.1, 0.15) is 0 Å². The van der Waals surface area contributed by atoms with Gasteiger partial charge in [-0.25, -0.2) is 9.97 Å². The largest absolute Gasteiger partial charge is 0.367 e. The third-order valence-electron chi connectivity index (χ3n) is 3.52. The van der Waals surface area contributed by atoms with Crippen molar-refractivity contribution in [2.75, 3.05) is 36.0 Å². The normalized spacial score (nSPS) is 15.5. The molecule has 0 aliphatic carbocycles. The Kier molecular flexibility index (Phi) is 3.74. The number of aromatic nitrogens is 2. The third-order valence-corrected chi connectivity index (χ3v) is 3.84. The molecule has 1 fully saturated rings. The average molecular weight is 289 g/mol. The van der Waals surface area contributed by atoms with Crippen LogP contribution in [0.2, 0.25) is 5.02 Å². The molecule has 0 saturated carbocycles. The van der Waals surface area contributed by atoms with Crippen LogP contribution in [0.25, 0.3) is 0 Å². The third kappa shape index (κ3) is 2.70. The van der Waals surface area contributed by atoms with Gasteiger partial charge < -0.3 is 9.80 Å². The van der Waals surface area contributed by atoms with Gasteiger partial charge in [-0.05, 0) is 24.6 Å². The molecule has 1 aliphatic heterocycles. The first-order chi connectivity index (χ1) is 9.74. The summed E-state index contributed by atoms with van der Waals surface area (Å²) in [5, 5.41) is 0.813. The van der Waals surface area contributed by atoms with Crippen molar-refractivity contribution in [2.24, 2.45) is 0 Å². The number of benzene rings is 1. The molecule has 0 amide bonds. The minimum Gasteiger partial charge on any atom is -0.367 e. The molecular weight excluding hydrogens is 272 g/mol. The van der Waals surface area contributed by atoms with Crippen LogP contribution in [0.5, 0.6) is 0 Å². The molecule has 0 spiro atoms. The maximum absolute atomic E-state index is 6.25. The Labute approximate surface area is 124 Å². The Morgan fingerprint density at radius 2 is 1.55 bits per heavy atom. The number of rotatable bonds is 2. The lowest BCUT2D eigenvalue weighted by molar-refractivity contribution is 0.640. The molecule has 1 aromatic carbocycles. The highest BCUT2D eigenvalue weighted by Crippen LogP contribution is 2.26. The van der Waals surface area contributed by atoms with Gasteiger partial charge in [0.15, 0.2) is 0 Å². The van der Waals surface area contributed by atoms with E-state index >= 15 is 0 Å². The number of piperazine rings is 1. The number of anilines is 2. The van der Waals surface area contributed by atoms with Crippen molar-refractivity contribution in [3.63, 3.8) is 0 Å². The first-order valence-electron chi connectivity index (χ1n) is 6.77. The molecule has 2 aromatic rings. The van der Waals surface area contributed by atoms with E-state index in [9.17, 15) is 0 Å². The zero-order chi connectivity index (χ0) is 13.9. The van der Waals surface area contributed by atoms with E-state index < -0.39 is 0 Å². The summed E-state index contributed by atoms with van der Waals surface area (Å²) in [6.07, 6.45) is 3.73. The summed E-state index contributed by atoms with van der Waals surface area (Å²) in [6.45, 7) is 5.68. The van der Waals surface area contributed by atoms with Crippen molar-refractivity contribution >= 4 is 23.2 Å². The number of hydrogen-bond donors (Lipinski definition) is 0. The number of nitrogens with zero attached hydrogens (tertiary/aromatic N) is 4. The van der Waals surface area contributed by atoms with Gasteiger partial charge in [0.05, 0.1) is 10.7 Å². The van der Waals surface area contributed by atoms with Gasteiger partial charge in [-0.3, -0.25) is 0 Å². The molecule has 0 radical (unpaired) electrons. The Morgan fingerprint density at radius 3 is 2.20 bits per heavy atom. The summed E-state index contributed by atoms with van der Waals surface area (Å²) in [5.74, 6) is 0.814. The molecule has 2 heterocycles. The summed E-state index contributed by atoms with van der Waals surface area (Å²) in [5.41, 5.74) is 2.20. The maximum Gasteiger partial charge on any atom is 0.225 e. The molecular formula is C15H17ClN4. The topological polar surface area (TPSA) is 32.3 Å². The Hall–Kier alpha value is -1.81. The molecule has 20 heavy (non-hydrogen) atoms. The van der Waals surface area contributed by atoms with Gasteiger partial charge in [-0.15, -0.1) is 0 Å². The molecule has 0 bridgehead atoms. The minimum atomic E-state index is 0.813. The molecule has 1 saturated heterocycles. The fraction of sp³-hybridized carbons (Fsp3) is 0.333. The van der Waals surface area contributed by atoms with Crippen LogP contribution in [0.4, 0.5) is 11.6 Å². The number of hydrogen-bond acceptors (Lipinski definition) is 4. The van der Waals surface area contributed by atoms with Crippen LogP contribution in [-0.2, 0) is 0 Å². The molecule has 4 nitrogen and oxygen atoms in total. The summed E-state index contributed by atoms with van der Waals surface area (Å²) < 4.78 is 0. The summed E-state index contributed by atoms with van der Waals surface area (Å²) in [7, 11) is 0. The lowest BCUT2D eigenvalue weighted by atomic mass is 10.2. The van der Waals surface area contributed by atoms with Crippen molar-refractivity contribution in [1.82, 2.24) is 9.97 Å². The molecule has 3 rings (SSSR count). The quantitative estimate of drug-likeness (QED) is 0.851. The van der Waals surface area contributed by atoms with E-state index in [-0.39, 0.29) is 0 Å². The van der Waals surface area contributed by atoms with Gasteiger partial charge in [-0.2, -0.15) is 0 Å². The molecule has 0 N–H and O–H groups in total. The summed E-state index contributed by atoms with van der Waals surface area (Å²) in [4.78, 5) is 13.3. The molecule has 1 aliphatic rings. The minimum absolute atomic E-state index is 0.813. The van der Waals surface area contributed by atoms with Crippen LogP contribution in [0.3, 0.4) is 0 Å². The summed E-state index contributed by atoms with van der Waals surface area (Å²) in [6, 6.07) is 7.99. The van der Waals surface area contributed by atoms with Crippen LogP contribution in [-0.4, -0.2) is 36.1 Å². The standard InChI is InChI=1S/C15H17ClN4/c1-12-10-17-15(18-11-12)20-8-6-19(7-9-20)14-5-3-2-4-13(14)16/h2-5,10-11H,6-9H2,1H3. The Balaban J connectivity index is 1.68. The van der Waals surface area contributed by atoms with Crippen LogP contribution in [0, 0.1) is 6.92 Å². The van der Waals surface area contributed by atoms with Crippen molar-refractivity contribution < 1.29 is 0 Å². The van der Waals surface area contributed by atoms with Crippen molar-refractivity contribution in [3.05, 3.63) is 47.2 Å². The Bertz CT molecular complexity index is 577. The van der Waals surface area contributed by atoms with Gasteiger partial charge in [0.25, 0.3) is 0 Å². The van der Waals surface area contributed by atoms with Crippen LogP contribution in [0.15, 0.2) is 36.7 Å². The van der Waals surface area contributed by atoms with Crippen LogP contribution in [0.1, 0.15) is 5.56 Å². The van der Waals surface area contributed by atoms with E-state index in [4.69, 9.17) is 11.6 Å². The monoisotopic (exact) mass is 288 g/mol. The van der Waals surface area contributed by atoms with Crippen molar-refractivity contribution in [1.29, 1.82) is 0 Å². The SMILES string of the molecule is Cc1cnc(N2CCN(c3ccccc3Cl)CC2)nc1. The fourth-order valence-electron chi connectivity index (χ4n) is 2.40. The van der Waals surface area contributed by atoms with E-state index in [2.05, 4.69) is 25.8 Å². The van der Waals surface area contributed by atoms with Crippen LogP contribution >= 0.6 is 11.6 Å². The first-order valence-corrected chi connectivity index (χ1v) is 7.15. The van der Waals surface area contributed by atoms with Crippen LogP contribution < -0.4 is 9.80 Å². The smallest absolute Gasteiger partial charge is 0.225 e. The maximum atomic E-state index is 6.25. The van der Waals surface area contributed by atoms with E-state index in [0.29, 0.717) is 0 Å². The lowest BCUT2D eigenvalue weighted by Gasteiger charge is -2.36. The molecule has 5 heteroatoms. The first kappa shape index (κ1) is 13.2. The highest BCUT2D eigenvalue weighted by atomic mass is 35.5. The second-order valence-corrected chi connectivity index (χ2v) is 5.39. The van der Waals surface area contributed by atoms with E-state index in [1.54, 1.807) is 0 Å². The van der Waals surface area contributed by atoms with E-state index in [1.807, 2.05) is 37.5 Å². The van der Waals surface area contributed by atoms with E-state index in [0.717, 1.165) is 48.4 Å². The molecule has 0 atom stereocenters. The second kappa shape index (κ2) is 5.67. The van der Waals surface area contributed by atoms with Crippen molar-refractivity contribution in [3.8, 4) is 0 Å². The predicted octanol–water partition coefficient (Wildman–Crippen LogP) is 2.77. The highest BCUT2D eigenvalue weighted by molar-refractivity contribution is 6.33. The van der Waals surface area contributed by atoms with Crippen molar-refractivity contribution in [2.45, 2.75) is 6.92 Å². The number of aryl methyl sites for hydroxylation is 1. The predicted molar refractivity (Wildman–Crippen MR) is 82.6 cm³/mol. The fourth-order valence-corrected chi connectivity index (χ4v) is 2.66. The highest BCUT2D eigenvalue weighted by Gasteiger charge is 2.20. The van der Waals surface area contributed by atoms with Gasteiger partial charge in [0, 0.05) is 38.6 Å². The van der Waals surface area contributed by atoms with Gasteiger partial charge >= 0.3 is 0 Å². The number of para-hydroxylation sites is 1. The average Bonchev–Trinajstić information content (AvgIpc) is 2.49. The molecule has 0 unspecified atom stereocenters. The Morgan fingerprint density at radius 1 is 0.950 bits per heavy atom. The zero-order valence-corrected chi connectivity index (χ0v) is 12.2. The molecule has 104 valence electrons.